The van der Waals surface area contributed by atoms with Crippen molar-refractivity contribution in [2.45, 2.75) is 50.2 Å². The van der Waals surface area contributed by atoms with Crippen molar-refractivity contribution in [3.63, 3.8) is 0 Å². The second-order valence-electron chi connectivity index (χ2n) is 9.31. The Balaban J connectivity index is 1.22. The summed E-state index contributed by atoms with van der Waals surface area (Å²) in [7, 11) is 1.50. The summed E-state index contributed by atoms with van der Waals surface area (Å²) in [6, 6.07) is 16.3. The number of amides is 2. The van der Waals surface area contributed by atoms with E-state index in [0.717, 1.165) is 24.0 Å². The number of nitrogens with one attached hydrogen (secondary N) is 2. The second-order valence-corrected chi connectivity index (χ2v) is 9.31. The van der Waals surface area contributed by atoms with E-state index >= 15 is 0 Å². The molecule has 1 saturated carbocycles. The molecule has 4 rings (SSSR count). The Hall–Kier alpha value is -3.39. The van der Waals surface area contributed by atoms with Crippen LogP contribution in [0.15, 0.2) is 48.5 Å². The topological polar surface area (TPSA) is 114 Å². The summed E-state index contributed by atoms with van der Waals surface area (Å²) >= 11 is 0. The number of benzene rings is 2. The Kier molecular flexibility index (Phi) is 8.02. The number of alkyl carbamates (subject to hydrolysis) is 1. The van der Waals surface area contributed by atoms with Crippen LogP contribution in [-0.4, -0.2) is 55.5 Å². The number of fused-ring (bicyclic) bond motifs is 3. The maximum absolute atomic E-state index is 12.4. The predicted octanol–water partition coefficient (Wildman–Crippen LogP) is 3.69. The van der Waals surface area contributed by atoms with Crippen LogP contribution in [0.5, 0.6) is 0 Å². The van der Waals surface area contributed by atoms with Crippen LogP contribution in [0.3, 0.4) is 0 Å². The molecule has 0 saturated heterocycles. The highest BCUT2D eigenvalue weighted by atomic mass is 16.5. The van der Waals surface area contributed by atoms with E-state index in [1.54, 1.807) is 0 Å². The molecule has 35 heavy (non-hydrogen) atoms. The Labute approximate surface area is 205 Å². The minimum atomic E-state index is -0.805. The minimum Gasteiger partial charge on any atom is -0.481 e. The third-order valence-electron chi connectivity index (χ3n) is 6.93. The lowest BCUT2D eigenvalue weighted by Gasteiger charge is -2.19. The molecule has 8 nitrogen and oxygen atoms in total. The molecule has 0 radical (unpaired) electrons. The SMILES string of the molecule is COC(CNC(=O)OCC1c2ccccc2-c2ccccc21)CC(=O)NC1CCC(CC(=O)O)C1. The van der Waals surface area contributed by atoms with E-state index in [9.17, 15) is 14.4 Å². The van der Waals surface area contributed by atoms with Crippen LogP contribution in [0.1, 0.15) is 49.1 Å². The number of carboxylic acids is 1. The number of carbonyl (C=O) groups is 3. The number of carboxylic acid groups (broad SMARTS) is 1. The van der Waals surface area contributed by atoms with E-state index in [4.69, 9.17) is 14.6 Å². The largest absolute Gasteiger partial charge is 0.481 e. The van der Waals surface area contributed by atoms with Crippen LogP contribution in [0, 0.1) is 5.92 Å². The van der Waals surface area contributed by atoms with Crippen molar-refractivity contribution < 1.29 is 29.0 Å². The number of methoxy groups -OCH3 is 1. The van der Waals surface area contributed by atoms with Crippen molar-refractivity contribution in [2.75, 3.05) is 20.3 Å². The van der Waals surface area contributed by atoms with Gasteiger partial charge in [-0.15, -0.1) is 0 Å². The van der Waals surface area contributed by atoms with Gasteiger partial charge in [-0.3, -0.25) is 9.59 Å². The van der Waals surface area contributed by atoms with Crippen molar-refractivity contribution in [1.29, 1.82) is 0 Å². The highest BCUT2D eigenvalue weighted by Gasteiger charge is 2.30. The van der Waals surface area contributed by atoms with Gasteiger partial charge in [-0.2, -0.15) is 0 Å². The van der Waals surface area contributed by atoms with Gasteiger partial charge in [0, 0.05) is 32.0 Å². The van der Waals surface area contributed by atoms with Gasteiger partial charge in [0.25, 0.3) is 0 Å². The number of rotatable bonds is 10. The van der Waals surface area contributed by atoms with Gasteiger partial charge in [0.1, 0.15) is 6.61 Å². The fourth-order valence-corrected chi connectivity index (χ4v) is 5.22. The van der Waals surface area contributed by atoms with Gasteiger partial charge in [-0.05, 0) is 47.4 Å². The molecule has 0 aromatic heterocycles. The molecule has 2 aromatic carbocycles. The summed E-state index contributed by atoms with van der Waals surface area (Å²) in [5.74, 6) is -0.896. The summed E-state index contributed by atoms with van der Waals surface area (Å²) < 4.78 is 10.9. The first-order valence-corrected chi connectivity index (χ1v) is 12.1. The smallest absolute Gasteiger partial charge is 0.407 e. The van der Waals surface area contributed by atoms with Gasteiger partial charge < -0.3 is 25.2 Å². The van der Waals surface area contributed by atoms with E-state index in [2.05, 4.69) is 34.9 Å². The fraction of sp³-hybridized carbons (Fsp3) is 0.444. The van der Waals surface area contributed by atoms with Gasteiger partial charge in [-0.25, -0.2) is 4.79 Å². The number of carbonyl (C=O) groups excluding carboxylic acids is 2. The van der Waals surface area contributed by atoms with Gasteiger partial charge in [0.15, 0.2) is 0 Å². The van der Waals surface area contributed by atoms with E-state index in [1.807, 2.05) is 24.3 Å². The molecule has 0 bridgehead atoms. The van der Waals surface area contributed by atoms with E-state index in [-0.39, 0.29) is 49.8 Å². The molecule has 0 heterocycles. The monoisotopic (exact) mass is 480 g/mol. The normalized spacial score (nSPS) is 19.5. The highest BCUT2D eigenvalue weighted by molar-refractivity contribution is 5.79. The molecular weight excluding hydrogens is 448 g/mol. The third-order valence-corrected chi connectivity index (χ3v) is 6.93. The van der Waals surface area contributed by atoms with Crippen molar-refractivity contribution in [3.8, 4) is 11.1 Å². The molecule has 8 heteroatoms. The molecule has 3 unspecified atom stereocenters. The molecule has 2 amide bonds. The van der Waals surface area contributed by atoms with Crippen LogP contribution >= 0.6 is 0 Å². The quantitative estimate of drug-likeness (QED) is 0.478. The maximum atomic E-state index is 12.4. The van der Waals surface area contributed by atoms with Crippen LogP contribution in [0.25, 0.3) is 11.1 Å². The lowest BCUT2D eigenvalue weighted by molar-refractivity contribution is -0.138. The first kappa shape index (κ1) is 24.7. The number of aliphatic carboxylic acids is 1. The Morgan fingerprint density at radius 2 is 1.69 bits per heavy atom. The molecule has 186 valence electrons. The summed E-state index contributed by atoms with van der Waals surface area (Å²) in [5, 5.41) is 14.6. The Morgan fingerprint density at radius 3 is 2.31 bits per heavy atom. The average Bonchev–Trinajstić information content (AvgIpc) is 3.41. The molecule has 2 aromatic rings. The van der Waals surface area contributed by atoms with Gasteiger partial charge in [0.05, 0.1) is 12.5 Å². The van der Waals surface area contributed by atoms with E-state index in [0.29, 0.717) is 6.42 Å². The maximum Gasteiger partial charge on any atom is 0.407 e. The first-order chi connectivity index (χ1) is 16.9. The van der Waals surface area contributed by atoms with Crippen LogP contribution < -0.4 is 10.6 Å². The van der Waals surface area contributed by atoms with Gasteiger partial charge >= 0.3 is 12.1 Å². The lowest BCUT2D eigenvalue weighted by Crippen LogP contribution is -2.40. The lowest BCUT2D eigenvalue weighted by atomic mass is 9.98. The van der Waals surface area contributed by atoms with Gasteiger partial charge in [-0.1, -0.05) is 48.5 Å². The van der Waals surface area contributed by atoms with E-state index in [1.165, 1.54) is 18.2 Å². The molecule has 2 aliphatic carbocycles. The highest BCUT2D eigenvalue weighted by Crippen LogP contribution is 2.44. The third kappa shape index (κ3) is 6.19. The van der Waals surface area contributed by atoms with E-state index < -0.39 is 18.2 Å². The van der Waals surface area contributed by atoms with Crippen molar-refractivity contribution >= 4 is 18.0 Å². The average molecular weight is 481 g/mol. The molecule has 1 fully saturated rings. The van der Waals surface area contributed by atoms with Crippen molar-refractivity contribution in [1.82, 2.24) is 10.6 Å². The van der Waals surface area contributed by atoms with Crippen molar-refractivity contribution in [3.05, 3.63) is 59.7 Å². The number of hydrogen-bond acceptors (Lipinski definition) is 5. The predicted molar refractivity (Wildman–Crippen MR) is 130 cm³/mol. The van der Waals surface area contributed by atoms with Crippen LogP contribution in [0.4, 0.5) is 4.79 Å². The number of hydrogen-bond donors (Lipinski definition) is 3. The van der Waals surface area contributed by atoms with Crippen molar-refractivity contribution in [2.24, 2.45) is 5.92 Å². The fourth-order valence-electron chi connectivity index (χ4n) is 5.22. The number of ether oxygens (including phenoxy) is 2. The Bertz CT molecular complexity index is 1030. The van der Waals surface area contributed by atoms with Crippen LogP contribution in [-0.2, 0) is 19.1 Å². The minimum absolute atomic E-state index is 0.0144. The Morgan fingerprint density at radius 1 is 1.03 bits per heavy atom. The molecule has 0 aliphatic heterocycles. The molecule has 0 spiro atoms. The zero-order valence-corrected chi connectivity index (χ0v) is 19.9. The summed E-state index contributed by atoms with van der Waals surface area (Å²) in [5.41, 5.74) is 4.62. The van der Waals surface area contributed by atoms with Crippen LogP contribution in [0.2, 0.25) is 0 Å². The molecule has 3 N–H and O–H groups in total. The zero-order chi connectivity index (χ0) is 24.8. The summed E-state index contributed by atoms with van der Waals surface area (Å²) in [6.45, 7) is 0.365. The molecule has 2 aliphatic rings. The second kappa shape index (κ2) is 11.4. The molecular formula is C27H32N2O6. The molecule has 3 atom stereocenters. The standard InChI is InChI=1S/C27H32N2O6/c1-34-19(14-25(30)29-18-11-10-17(12-18)13-26(31)32)15-28-27(33)35-16-24-22-8-4-2-6-20(22)21-7-3-5-9-23(21)24/h2-9,17-19,24H,10-16H2,1H3,(H,28,33)(H,29,30)(H,31,32). The summed E-state index contributed by atoms with van der Waals surface area (Å²) in [6.07, 6.45) is 1.44. The zero-order valence-electron chi connectivity index (χ0n) is 19.9. The summed E-state index contributed by atoms with van der Waals surface area (Å²) in [4.78, 5) is 35.7. The van der Waals surface area contributed by atoms with Gasteiger partial charge in [0.2, 0.25) is 5.91 Å². The first-order valence-electron chi connectivity index (χ1n) is 12.1.